The highest BCUT2D eigenvalue weighted by molar-refractivity contribution is 5.76. The minimum atomic E-state index is 0.404. The van der Waals surface area contributed by atoms with Gasteiger partial charge in [-0.15, -0.1) is 0 Å². The topological polar surface area (TPSA) is 46.8 Å². The number of benzene rings is 1. The van der Waals surface area contributed by atoms with Crippen molar-refractivity contribution >= 4 is 11.0 Å². The first-order valence-corrected chi connectivity index (χ1v) is 11.4. The number of aryl methyl sites for hydroxylation is 1. The lowest BCUT2D eigenvalue weighted by atomic mass is 9.77. The van der Waals surface area contributed by atoms with Gasteiger partial charge in [-0.05, 0) is 74.0 Å². The van der Waals surface area contributed by atoms with Crippen LogP contribution in [0.2, 0.25) is 0 Å². The molecule has 4 aromatic rings. The van der Waals surface area contributed by atoms with Crippen molar-refractivity contribution < 1.29 is 0 Å². The number of aromatic nitrogens is 4. The van der Waals surface area contributed by atoms with E-state index in [0.29, 0.717) is 12.0 Å². The summed E-state index contributed by atoms with van der Waals surface area (Å²) in [5.74, 6) is 1.82. The van der Waals surface area contributed by atoms with Gasteiger partial charge < -0.3 is 4.57 Å². The van der Waals surface area contributed by atoms with Gasteiger partial charge in [0.1, 0.15) is 5.82 Å². The number of imidazole rings is 1. The zero-order valence-electron chi connectivity index (χ0n) is 17.7. The highest BCUT2D eigenvalue weighted by Gasteiger charge is 2.38. The Morgan fingerprint density at radius 1 is 0.871 bits per heavy atom. The molecule has 2 atom stereocenters. The van der Waals surface area contributed by atoms with Crippen molar-refractivity contribution in [3.8, 4) is 0 Å². The quantitative estimate of drug-likeness (QED) is 0.487. The molecule has 1 saturated heterocycles. The Hall–Kier alpha value is -3.05. The molecule has 0 amide bonds. The Bertz CT molecular complexity index is 1200. The maximum atomic E-state index is 5.07. The number of fused-ring (bicyclic) bond motifs is 4. The Morgan fingerprint density at radius 2 is 1.77 bits per heavy atom. The second kappa shape index (κ2) is 7.89. The smallest absolute Gasteiger partial charge is 0.124 e. The van der Waals surface area contributed by atoms with E-state index in [4.69, 9.17) is 9.97 Å². The third-order valence-electron chi connectivity index (χ3n) is 6.98. The standard InChI is InChI=1S/C26H27N5/c1-2-11-23-22(10-1)29-24(31(23)17-21-9-3-4-14-27-21)18-30-16-6-8-20-13-12-19-7-5-15-28-25(19)26(20)30/h1-5,7,9-11,14-15,20,26H,6,8,12-13,16-18H2/t20-,26-/m0/s1. The van der Waals surface area contributed by atoms with Crippen molar-refractivity contribution in [3.63, 3.8) is 0 Å². The van der Waals surface area contributed by atoms with E-state index in [0.717, 1.165) is 43.1 Å². The summed E-state index contributed by atoms with van der Waals surface area (Å²) in [5.41, 5.74) is 6.03. The fraction of sp³-hybridized carbons (Fsp3) is 0.346. The molecule has 1 aliphatic heterocycles. The van der Waals surface area contributed by atoms with Crippen molar-refractivity contribution in [3.05, 3.63) is 89.8 Å². The number of hydrogen-bond donors (Lipinski definition) is 0. The van der Waals surface area contributed by atoms with Gasteiger partial charge in [-0.3, -0.25) is 14.9 Å². The molecule has 0 saturated carbocycles. The summed E-state index contributed by atoms with van der Waals surface area (Å²) < 4.78 is 2.35. The monoisotopic (exact) mass is 409 g/mol. The molecule has 0 radical (unpaired) electrons. The van der Waals surface area contributed by atoms with Crippen molar-refractivity contribution in [1.82, 2.24) is 24.4 Å². The Labute approximate surface area is 182 Å². The van der Waals surface area contributed by atoms with E-state index >= 15 is 0 Å². The molecule has 3 aromatic heterocycles. The first-order valence-electron chi connectivity index (χ1n) is 11.4. The van der Waals surface area contributed by atoms with Gasteiger partial charge in [0.2, 0.25) is 0 Å². The fourth-order valence-corrected chi connectivity index (χ4v) is 5.55. The lowest BCUT2D eigenvalue weighted by Gasteiger charge is -2.44. The number of nitrogens with zero attached hydrogens (tertiary/aromatic N) is 5. The molecule has 4 heterocycles. The number of para-hydroxylation sites is 2. The van der Waals surface area contributed by atoms with Crippen LogP contribution in [0.5, 0.6) is 0 Å². The van der Waals surface area contributed by atoms with E-state index in [1.165, 1.54) is 36.0 Å². The van der Waals surface area contributed by atoms with Crippen LogP contribution in [0.3, 0.4) is 0 Å². The van der Waals surface area contributed by atoms with E-state index in [-0.39, 0.29) is 0 Å². The summed E-state index contributed by atoms with van der Waals surface area (Å²) in [6.07, 6.45) is 8.82. The van der Waals surface area contributed by atoms with Gasteiger partial charge in [0, 0.05) is 12.4 Å². The average Bonchev–Trinajstić information content (AvgIpc) is 3.16. The van der Waals surface area contributed by atoms with Gasteiger partial charge in [0.05, 0.1) is 41.6 Å². The van der Waals surface area contributed by atoms with E-state index < -0.39 is 0 Å². The van der Waals surface area contributed by atoms with Crippen LogP contribution < -0.4 is 0 Å². The summed E-state index contributed by atoms with van der Waals surface area (Å²) in [5, 5.41) is 0. The third-order valence-corrected chi connectivity index (χ3v) is 6.98. The molecule has 0 unspecified atom stereocenters. The zero-order chi connectivity index (χ0) is 20.6. The zero-order valence-corrected chi connectivity index (χ0v) is 17.7. The SMILES string of the molecule is c1ccc(Cn2c(CN3CCC[C@H]4CCc5cccnc5[C@H]43)nc3ccccc32)nc1. The Balaban J connectivity index is 1.38. The van der Waals surface area contributed by atoms with Gasteiger partial charge >= 0.3 is 0 Å². The number of rotatable bonds is 4. The van der Waals surface area contributed by atoms with E-state index in [1.807, 2.05) is 18.5 Å². The number of piperidine rings is 1. The van der Waals surface area contributed by atoms with Crippen LogP contribution in [-0.4, -0.2) is 31.0 Å². The number of hydrogen-bond acceptors (Lipinski definition) is 4. The van der Waals surface area contributed by atoms with Crippen LogP contribution in [0.25, 0.3) is 11.0 Å². The van der Waals surface area contributed by atoms with Crippen molar-refractivity contribution in [2.24, 2.45) is 5.92 Å². The van der Waals surface area contributed by atoms with Crippen LogP contribution in [0.4, 0.5) is 0 Å². The van der Waals surface area contributed by atoms with Gasteiger partial charge in [0.25, 0.3) is 0 Å². The van der Waals surface area contributed by atoms with E-state index in [2.05, 4.69) is 63.0 Å². The molecule has 2 aliphatic rings. The maximum absolute atomic E-state index is 5.07. The van der Waals surface area contributed by atoms with Gasteiger partial charge in [-0.2, -0.15) is 0 Å². The summed E-state index contributed by atoms with van der Waals surface area (Å²) >= 11 is 0. The molecule has 5 heteroatoms. The molecule has 1 fully saturated rings. The van der Waals surface area contributed by atoms with Crippen molar-refractivity contribution in [2.45, 2.75) is 44.8 Å². The molecular weight excluding hydrogens is 382 g/mol. The molecule has 6 rings (SSSR count). The minimum Gasteiger partial charge on any atom is -0.321 e. The molecule has 5 nitrogen and oxygen atoms in total. The first kappa shape index (κ1) is 18.7. The van der Waals surface area contributed by atoms with Crippen molar-refractivity contribution in [1.29, 1.82) is 0 Å². The van der Waals surface area contributed by atoms with Crippen LogP contribution in [0.15, 0.2) is 67.0 Å². The molecule has 1 aromatic carbocycles. The molecule has 0 bridgehead atoms. The summed E-state index contributed by atoms with van der Waals surface area (Å²) in [6.45, 7) is 2.69. The van der Waals surface area contributed by atoms with E-state index in [1.54, 1.807) is 0 Å². The molecule has 0 N–H and O–H groups in total. The van der Waals surface area contributed by atoms with Gasteiger partial charge in [-0.1, -0.05) is 24.3 Å². The molecule has 0 spiro atoms. The van der Waals surface area contributed by atoms with Gasteiger partial charge in [-0.25, -0.2) is 4.98 Å². The number of likely N-dealkylation sites (tertiary alicyclic amines) is 1. The molecule has 156 valence electrons. The van der Waals surface area contributed by atoms with Crippen LogP contribution in [0, 0.1) is 5.92 Å². The minimum absolute atomic E-state index is 0.404. The Morgan fingerprint density at radius 3 is 2.71 bits per heavy atom. The third kappa shape index (κ3) is 3.43. The van der Waals surface area contributed by atoms with Crippen LogP contribution in [-0.2, 0) is 19.5 Å². The first-order chi connectivity index (χ1) is 15.4. The summed E-state index contributed by atoms with van der Waals surface area (Å²) in [4.78, 5) is 17.1. The predicted octanol–water partition coefficient (Wildman–Crippen LogP) is 4.77. The average molecular weight is 410 g/mol. The van der Waals surface area contributed by atoms with Crippen LogP contribution in [0.1, 0.15) is 48.1 Å². The Kier molecular flexibility index (Phi) is 4.76. The molecular formula is C26H27N5. The maximum Gasteiger partial charge on any atom is 0.124 e. The lowest BCUT2D eigenvalue weighted by molar-refractivity contribution is 0.0665. The second-order valence-electron chi connectivity index (χ2n) is 8.83. The predicted molar refractivity (Wildman–Crippen MR) is 122 cm³/mol. The van der Waals surface area contributed by atoms with Gasteiger partial charge in [0.15, 0.2) is 0 Å². The van der Waals surface area contributed by atoms with E-state index in [9.17, 15) is 0 Å². The normalized spacial score (nSPS) is 21.0. The van der Waals surface area contributed by atoms with Crippen molar-refractivity contribution in [2.75, 3.05) is 6.54 Å². The second-order valence-corrected chi connectivity index (χ2v) is 8.83. The molecule has 31 heavy (non-hydrogen) atoms. The summed E-state index contributed by atoms with van der Waals surface area (Å²) in [6, 6.07) is 19.3. The highest BCUT2D eigenvalue weighted by Crippen LogP contribution is 2.43. The molecule has 1 aliphatic carbocycles. The van der Waals surface area contributed by atoms with Crippen LogP contribution >= 0.6 is 0 Å². The lowest BCUT2D eigenvalue weighted by Crippen LogP contribution is -2.41. The number of pyridine rings is 2. The fourth-order valence-electron chi connectivity index (χ4n) is 5.55. The largest absolute Gasteiger partial charge is 0.321 e. The summed E-state index contributed by atoms with van der Waals surface area (Å²) in [7, 11) is 0. The highest BCUT2D eigenvalue weighted by atomic mass is 15.2.